The smallest absolute Gasteiger partial charge is 0.462 e. The number of phosphoric acid groups is 2. The molecule has 89 heavy (non-hydrogen) atoms. The predicted octanol–water partition coefficient (Wildman–Crippen LogP) is 20.1. The van der Waals surface area contributed by atoms with E-state index in [0.717, 1.165) is 102 Å². The number of hydrogen-bond acceptors (Lipinski definition) is 15. The van der Waals surface area contributed by atoms with Crippen molar-refractivity contribution in [2.24, 2.45) is 5.92 Å². The standard InChI is InChI=1S/C70H136O17P2/c1-6-9-12-15-18-21-23-25-27-29-31-35-40-45-50-55-69(74)86-66(60-81-68(73)54-49-44-39-34-30-28-26-24-22-19-16-13-10-7-2)62-85-89(78,79)83-58-64(71)57-82-88(76,77)84-61-65(59-80-67(72)53-48-43-38-20-17-14-11-8-3)87-70(75)56-51-46-41-36-32-33-37-42-47-52-63(4)5/h63-66,71H,6-62H2,1-5H3,(H,76,77)(H,78,79)/t64-,65+,66+/m0/s1. The Morgan fingerprint density at radius 3 is 0.764 bits per heavy atom. The topological polar surface area (TPSA) is 237 Å². The van der Waals surface area contributed by atoms with Crippen molar-refractivity contribution in [3.8, 4) is 0 Å². The molecule has 0 rings (SSSR count). The number of phosphoric ester groups is 2. The summed E-state index contributed by atoms with van der Waals surface area (Å²) in [6.07, 6.45) is 49.9. The molecular formula is C70H136O17P2. The molecule has 0 spiro atoms. The molecule has 0 heterocycles. The van der Waals surface area contributed by atoms with Gasteiger partial charge in [0.05, 0.1) is 26.4 Å². The van der Waals surface area contributed by atoms with Crippen molar-refractivity contribution in [2.75, 3.05) is 39.6 Å². The van der Waals surface area contributed by atoms with Crippen LogP contribution in [0.15, 0.2) is 0 Å². The maximum atomic E-state index is 13.0. The molecule has 0 radical (unpaired) electrons. The average Bonchev–Trinajstić information content (AvgIpc) is 3.59. The quantitative estimate of drug-likeness (QED) is 0.0222. The molecule has 5 atom stereocenters. The summed E-state index contributed by atoms with van der Waals surface area (Å²) in [5.74, 6) is -1.39. The van der Waals surface area contributed by atoms with Crippen LogP contribution in [-0.2, 0) is 65.4 Å². The Bertz CT molecular complexity index is 1720. The second-order valence-electron chi connectivity index (χ2n) is 25.7. The van der Waals surface area contributed by atoms with Crippen LogP contribution in [0.3, 0.4) is 0 Å². The van der Waals surface area contributed by atoms with Crippen LogP contribution in [0.2, 0.25) is 0 Å². The Hall–Kier alpha value is -1.94. The van der Waals surface area contributed by atoms with Crippen LogP contribution >= 0.6 is 15.6 Å². The number of esters is 4. The molecule has 3 N–H and O–H groups in total. The first-order chi connectivity index (χ1) is 43.0. The Morgan fingerprint density at radius 1 is 0.303 bits per heavy atom. The van der Waals surface area contributed by atoms with Crippen molar-refractivity contribution < 1.29 is 80.2 Å². The highest BCUT2D eigenvalue weighted by molar-refractivity contribution is 7.47. The van der Waals surface area contributed by atoms with Crippen LogP contribution < -0.4 is 0 Å². The van der Waals surface area contributed by atoms with E-state index in [4.69, 9.17) is 37.0 Å². The zero-order valence-corrected chi connectivity index (χ0v) is 59.4. The van der Waals surface area contributed by atoms with Crippen molar-refractivity contribution in [1.29, 1.82) is 0 Å². The lowest BCUT2D eigenvalue weighted by Gasteiger charge is -2.21. The maximum absolute atomic E-state index is 13.0. The fourth-order valence-electron chi connectivity index (χ4n) is 10.6. The van der Waals surface area contributed by atoms with Crippen LogP contribution in [0.25, 0.3) is 0 Å². The number of ether oxygens (including phenoxy) is 4. The second kappa shape index (κ2) is 63.5. The minimum Gasteiger partial charge on any atom is -0.462 e. The molecule has 528 valence electrons. The van der Waals surface area contributed by atoms with Gasteiger partial charge in [-0.1, -0.05) is 311 Å². The highest BCUT2D eigenvalue weighted by atomic mass is 31.2. The van der Waals surface area contributed by atoms with E-state index in [2.05, 4.69) is 34.6 Å². The van der Waals surface area contributed by atoms with E-state index in [1.54, 1.807) is 0 Å². The molecule has 2 unspecified atom stereocenters. The normalized spacial score (nSPS) is 14.1. The lowest BCUT2D eigenvalue weighted by Crippen LogP contribution is -2.30. The van der Waals surface area contributed by atoms with Gasteiger partial charge in [0, 0.05) is 25.7 Å². The minimum absolute atomic E-state index is 0.105. The van der Waals surface area contributed by atoms with Crippen molar-refractivity contribution in [2.45, 2.75) is 380 Å². The summed E-state index contributed by atoms with van der Waals surface area (Å²) in [6, 6.07) is 0. The highest BCUT2D eigenvalue weighted by Gasteiger charge is 2.30. The largest absolute Gasteiger partial charge is 0.472 e. The van der Waals surface area contributed by atoms with Crippen LogP contribution in [0.4, 0.5) is 0 Å². The van der Waals surface area contributed by atoms with Gasteiger partial charge in [-0.25, -0.2) is 9.13 Å². The van der Waals surface area contributed by atoms with Crippen LogP contribution in [-0.4, -0.2) is 96.7 Å². The molecule has 0 aromatic rings. The van der Waals surface area contributed by atoms with Crippen molar-refractivity contribution in [3.05, 3.63) is 0 Å². The van der Waals surface area contributed by atoms with Crippen LogP contribution in [0.1, 0.15) is 362 Å². The summed E-state index contributed by atoms with van der Waals surface area (Å²) in [6.45, 7) is 7.20. The molecule has 17 nitrogen and oxygen atoms in total. The van der Waals surface area contributed by atoms with E-state index in [1.165, 1.54) is 180 Å². The Kier molecular flexibility index (Phi) is 62.1. The zero-order valence-electron chi connectivity index (χ0n) is 57.6. The van der Waals surface area contributed by atoms with E-state index in [1.807, 2.05) is 0 Å². The van der Waals surface area contributed by atoms with E-state index in [-0.39, 0.29) is 25.7 Å². The molecule has 19 heteroatoms. The molecule has 0 aliphatic heterocycles. The molecule has 0 aliphatic carbocycles. The van der Waals surface area contributed by atoms with Gasteiger partial charge in [0.25, 0.3) is 0 Å². The number of carbonyl (C=O) groups excluding carboxylic acids is 4. The third kappa shape index (κ3) is 64.6. The summed E-state index contributed by atoms with van der Waals surface area (Å²) >= 11 is 0. The summed E-state index contributed by atoms with van der Waals surface area (Å²) in [5.41, 5.74) is 0. The number of unbranched alkanes of at least 4 members (excludes halogenated alkanes) is 42. The molecular weight excluding hydrogens is 1170 g/mol. The van der Waals surface area contributed by atoms with Gasteiger partial charge in [0.15, 0.2) is 12.2 Å². The van der Waals surface area contributed by atoms with Gasteiger partial charge in [-0.15, -0.1) is 0 Å². The number of hydrogen-bond donors (Lipinski definition) is 3. The Balaban J connectivity index is 5.22. The lowest BCUT2D eigenvalue weighted by atomic mass is 10.0. The SMILES string of the molecule is CCCCCCCCCCCCCCCCCC(=O)O[C@H](COC(=O)CCCCCCCCCCCCCCCC)COP(=O)(O)OC[C@@H](O)COP(=O)(O)OC[C@@H](COC(=O)CCCCCCCCCC)OC(=O)CCCCCCCCCCCC(C)C. The van der Waals surface area contributed by atoms with Gasteiger partial charge in [-0.2, -0.15) is 0 Å². The van der Waals surface area contributed by atoms with Gasteiger partial charge in [-0.3, -0.25) is 37.3 Å². The second-order valence-corrected chi connectivity index (χ2v) is 28.7. The zero-order chi connectivity index (χ0) is 65.6. The molecule has 0 aliphatic rings. The first-order valence-corrected chi connectivity index (χ1v) is 39.6. The Labute approximate surface area is 543 Å². The summed E-state index contributed by atoms with van der Waals surface area (Å²) in [7, 11) is -9.90. The highest BCUT2D eigenvalue weighted by Crippen LogP contribution is 2.45. The Morgan fingerprint density at radius 2 is 0.517 bits per heavy atom. The summed E-state index contributed by atoms with van der Waals surface area (Å²) in [4.78, 5) is 72.5. The molecule has 0 aromatic heterocycles. The van der Waals surface area contributed by atoms with Gasteiger partial charge in [0.1, 0.15) is 19.3 Å². The molecule has 0 fully saturated rings. The molecule has 0 aromatic carbocycles. The lowest BCUT2D eigenvalue weighted by molar-refractivity contribution is -0.161. The fraction of sp³-hybridized carbons (Fsp3) is 0.943. The van der Waals surface area contributed by atoms with Crippen molar-refractivity contribution in [3.63, 3.8) is 0 Å². The van der Waals surface area contributed by atoms with E-state index in [0.29, 0.717) is 25.7 Å². The monoisotopic (exact) mass is 1310 g/mol. The summed E-state index contributed by atoms with van der Waals surface area (Å²) in [5, 5.41) is 10.6. The molecule has 0 saturated heterocycles. The average molecular weight is 1310 g/mol. The number of aliphatic hydroxyl groups excluding tert-OH is 1. The number of aliphatic hydroxyl groups is 1. The molecule has 0 amide bonds. The molecule has 0 bridgehead atoms. The number of rotatable bonds is 70. The summed E-state index contributed by atoms with van der Waals surface area (Å²) < 4.78 is 68.2. The minimum atomic E-state index is -4.95. The van der Waals surface area contributed by atoms with Gasteiger partial charge in [-0.05, 0) is 31.6 Å². The van der Waals surface area contributed by atoms with Gasteiger partial charge >= 0.3 is 39.5 Å². The first kappa shape index (κ1) is 87.1. The third-order valence-electron chi connectivity index (χ3n) is 16.3. The third-order valence-corrected chi connectivity index (χ3v) is 18.2. The van der Waals surface area contributed by atoms with E-state index >= 15 is 0 Å². The number of carbonyl (C=O) groups is 4. The maximum Gasteiger partial charge on any atom is 0.472 e. The van der Waals surface area contributed by atoms with Crippen molar-refractivity contribution >= 4 is 39.5 Å². The van der Waals surface area contributed by atoms with Gasteiger partial charge in [0.2, 0.25) is 0 Å². The van der Waals surface area contributed by atoms with Crippen molar-refractivity contribution in [1.82, 2.24) is 0 Å². The molecule has 0 saturated carbocycles. The van der Waals surface area contributed by atoms with E-state index < -0.39 is 97.5 Å². The van der Waals surface area contributed by atoms with Crippen LogP contribution in [0, 0.1) is 5.92 Å². The first-order valence-electron chi connectivity index (χ1n) is 36.6. The van der Waals surface area contributed by atoms with Crippen LogP contribution in [0.5, 0.6) is 0 Å². The fourth-order valence-corrected chi connectivity index (χ4v) is 12.2. The van der Waals surface area contributed by atoms with E-state index in [9.17, 15) is 43.2 Å². The predicted molar refractivity (Wildman–Crippen MR) is 358 cm³/mol. The van der Waals surface area contributed by atoms with Gasteiger partial charge < -0.3 is 33.8 Å².